The van der Waals surface area contributed by atoms with Gasteiger partial charge in [0.05, 0.1) is 4.88 Å². The lowest BCUT2D eigenvalue weighted by Gasteiger charge is -2.32. The van der Waals surface area contributed by atoms with E-state index >= 15 is 0 Å². The van der Waals surface area contributed by atoms with Gasteiger partial charge in [0.25, 0.3) is 11.8 Å². The molecular weight excluding hydrogens is 376 g/mol. The standard InChI is InChI=1S/C21H24N2O4S/c24-19(15-27-20(25)14-22-21(26)18-7-4-12-28-18)23-10-8-17(9-11-23)13-16-5-2-1-3-6-16/h1-7,12,17H,8-11,13-15H2,(H,22,26). The van der Waals surface area contributed by atoms with Gasteiger partial charge < -0.3 is 15.0 Å². The molecular formula is C21H24N2O4S. The van der Waals surface area contributed by atoms with Crippen LogP contribution in [0, 0.1) is 5.92 Å². The number of benzene rings is 1. The van der Waals surface area contributed by atoms with Gasteiger partial charge in [-0.1, -0.05) is 36.4 Å². The first kappa shape index (κ1) is 20.1. The van der Waals surface area contributed by atoms with Crippen molar-refractivity contribution in [3.63, 3.8) is 0 Å². The number of carbonyl (C=O) groups is 3. The van der Waals surface area contributed by atoms with Gasteiger partial charge in [0, 0.05) is 13.1 Å². The second-order valence-corrected chi connectivity index (χ2v) is 7.78. The molecule has 1 N–H and O–H groups in total. The summed E-state index contributed by atoms with van der Waals surface area (Å²) in [5.41, 5.74) is 1.32. The lowest BCUT2D eigenvalue weighted by molar-refractivity contribution is -0.151. The first-order valence-electron chi connectivity index (χ1n) is 9.41. The fourth-order valence-electron chi connectivity index (χ4n) is 3.27. The van der Waals surface area contributed by atoms with Gasteiger partial charge in [-0.3, -0.25) is 14.4 Å². The fourth-order valence-corrected chi connectivity index (χ4v) is 3.91. The third-order valence-electron chi connectivity index (χ3n) is 4.83. The number of nitrogens with one attached hydrogen (secondary N) is 1. The van der Waals surface area contributed by atoms with E-state index in [1.165, 1.54) is 16.9 Å². The smallest absolute Gasteiger partial charge is 0.325 e. The van der Waals surface area contributed by atoms with E-state index in [-0.39, 0.29) is 25.0 Å². The molecule has 0 atom stereocenters. The van der Waals surface area contributed by atoms with Gasteiger partial charge in [0.2, 0.25) is 0 Å². The van der Waals surface area contributed by atoms with Crippen molar-refractivity contribution in [1.82, 2.24) is 10.2 Å². The Morgan fingerprint density at radius 3 is 2.50 bits per heavy atom. The molecule has 1 aliphatic rings. The largest absolute Gasteiger partial charge is 0.454 e. The van der Waals surface area contributed by atoms with Crippen molar-refractivity contribution < 1.29 is 19.1 Å². The highest BCUT2D eigenvalue weighted by atomic mass is 32.1. The number of thiophene rings is 1. The molecule has 1 fully saturated rings. The molecule has 28 heavy (non-hydrogen) atoms. The molecule has 2 aromatic rings. The minimum Gasteiger partial charge on any atom is -0.454 e. The van der Waals surface area contributed by atoms with E-state index in [9.17, 15) is 14.4 Å². The highest BCUT2D eigenvalue weighted by molar-refractivity contribution is 7.12. The summed E-state index contributed by atoms with van der Waals surface area (Å²) in [5, 5.41) is 4.28. The molecule has 2 amide bonds. The maximum absolute atomic E-state index is 12.3. The normalized spacial score (nSPS) is 14.5. The van der Waals surface area contributed by atoms with Crippen LogP contribution in [0.1, 0.15) is 28.1 Å². The van der Waals surface area contributed by atoms with Gasteiger partial charge in [0.15, 0.2) is 6.61 Å². The highest BCUT2D eigenvalue weighted by Gasteiger charge is 2.23. The molecule has 0 aliphatic carbocycles. The maximum atomic E-state index is 12.3. The number of piperidine rings is 1. The molecule has 1 aromatic heterocycles. The van der Waals surface area contributed by atoms with Crippen molar-refractivity contribution in [2.24, 2.45) is 5.92 Å². The van der Waals surface area contributed by atoms with E-state index < -0.39 is 5.97 Å². The lowest BCUT2D eigenvalue weighted by atomic mass is 9.90. The van der Waals surface area contributed by atoms with Crippen LogP contribution in [0.4, 0.5) is 0 Å². The van der Waals surface area contributed by atoms with E-state index in [4.69, 9.17) is 4.74 Å². The van der Waals surface area contributed by atoms with Crippen LogP contribution in [0.15, 0.2) is 47.8 Å². The van der Waals surface area contributed by atoms with Gasteiger partial charge in [-0.05, 0) is 42.2 Å². The Kier molecular flexibility index (Phi) is 7.19. The molecule has 0 radical (unpaired) electrons. The third kappa shape index (κ3) is 5.92. The minimum atomic E-state index is -0.614. The summed E-state index contributed by atoms with van der Waals surface area (Å²) >= 11 is 1.30. The number of hydrogen-bond acceptors (Lipinski definition) is 5. The summed E-state index contributed by atoms with van der Waals surface area (Å²) in [6.07, 6.45) is 2.93. The van der Waals surface area contributed by atoms with Crippen molar-refractivity contribution in [2.75, 3.05) is 26.2 Å². The molecule has 1 aromatic carbocycles. The Hall–Kier alpha value is -2.67. The van der Waals surface area contributed by atoms with Crippen molar-refractivity contribution >= 4 is 29.1 Å². The number of hydrogen-bond donors (Lipinski definition) is 1. The Labute approximate surface area is 168 Å². The SMILES string of the molecule is O=C(CNC(=O)c1cccs1)OCC(=O)N1CCC(Cc2ccccc2)CC1. The van der Waals surface area contributed by atoms with E-state index in [1.54, 1.807) is 22.4 Å². The average Bonchev–Trinajstić information content (AvgIpc) is 3.26. The molecule has 6 nitrogen and oxygen atoms in total. The van der Waals surface area contributed by atoms with Gasteiger partial charge in [-0.2, -0.15) is 0 Å². The zero-order valence-corrected chi connectivity index (χ0v) is 16.5. The van der Waals surface area contributed by atoms with Crippen LogP contribution in [0.5, 0.6) is 0 Å². The highest BCUT2D eigenvalue weighted by Crippen LogP contribution is 2.21. The summed E-state index contributed by atoms with van der Waals surface area (Å²) in [6, 6.07) is 13.8. The molecule has 0 bridgehead atoms. The number of likely N-dealkylation sites (tertiary alicyclic amines) is 1. The minimum absolute atomic E-state index is 0.184. The van der Waals surface area contributed by atoms with Crippen LogP contribution < -0.4 is 5.32 Å². The lowest BCUT2D eigenvalue weighted by Crippen LogP contribution is -2.41. The molecule has 2 heterocycles. The molecule has 1 aliphatic heterocycles. The van der Waals surface area contributed by atoms with Gasteiger partial charge >= 0.3 is 5.97 Å². The van der Waals surface area contributed by atoms with Crippen molar-refractivity contribution in [1.29, 1.82) is 0 Å². The Morgan fingerprint density at radius 2 is 1.82 bits per heavy atom. The fraction of sp³-hybridized carbons (Fsp3) is 0.381. The number of esters is 1. The van der Waals surface area contributed by atoms with Crippen molar-refractivity contribution in [3.05, 3.63) is 58.3 Å². The van der Waals surface area contributed by atoms with Crippen LogP contribution in [0.25, 0.3) is 0 Å². The van der Waals surface area contributed by atoms with Gasteiger partial charge in [-0.15, -0.1) is 11.3 Å². The van der Waals surface area contributed by atoms with E-state index in [0.717, 1.165) is 19.3 Å². The molecule has 1 saturated heterocycles. The monoisotopic (exact) mass is 400 g/mol. The molecule has 3 rings (SSSR count). The van der Waals surface area contributed by atoms with Crippen LogP contribution in [0.2, 0.25) is 0 Å². The van der Waals surface area contributed by atoms with Gasteiger partial charge in [-0.25, -0.2) is 0 Å². The molecule has 0 unspecified atom stereocenters. The Morgan fingerprint density at radius 1 is 1.07 bits per heavy atom. The number of nitrogens with zero attached hydrogens (tertiary/aromatic N) is 1. The van der Waals surface area contributed by atoms with Crippen molar-refractivity contribution in [2.45, 2.75) is 19.3 Å². The topological polar surface area (TPSA) is 75.7 Å². The van der Waals surface area contributed by atoms with Crippen LogP contribution in [-0.2, 0) is 20.7 Å². The molecule has 0 spiro atoms. The quantitative estimate of drug-likeness (QED) is 0.725. The Balaban J connectivity index is 1.33. The van der Waals surface area contributed by atoms with E-state index in [1.807, 2.05) is 18.2 Å². The molecule has 0 saturated carbocycles. The summed E-state index contributed by atoms with van der Waals surface area (Å²) in [4.78, 5) is 38.1. The molecule has 148 valence electrons. The maximum Gasteiger partial charge on any atom is 0.325 e. The average molecular weight is 401 g/mol. The summed E-state index contributed by atoms with van der Waals surface area (Å²) < 4.78 is 5.01. The zero-order valence-electron chi connectivity index (χ0n) is 15.6. The second kappa shape index (κ2) is 10.0. The number of amides is 2. The first-order valence-corrected chi connectivity index (χ1v) is 10.3. The van der Waals surface area contributed by atoms with Crippen LogP contribution in [0.3, 0.4) is 0 Å². The van der Waals surface area contributed by atoms with E-state index in [2.05, 4.69) is 17.4 Å². The predicted molar refractivity (Wildman–Crippen MR) is 107 cm³/mol. The van der Waals surface area contributed by atoms with Gasteiger partial charge in [0.1, 0.15) is 6.54 Å². The predicted octanol–water partition coefficient (Wildman–Crippen LogP) is 2.50. The number of rotatable bonds is 7. The van der Waals surface area contributed by atoms with E-state index in [0.29, 0.717) is 23.9 Å². The molecule has 7 heteroatoms. The van der Waals surface area contributed by atoms with Crippen LogP contribution >= 0.6 is 11.3 Å². The number of carbonyl (C=O) groups excluding carboxylic acids is 3. The zero-order chi connectivity index (χ0) is 19.8. The Bertz CT molecular complexity index is 784. The summed E-state index contributed by atoms with van der Waals surface area (Å²) in [5.74, 6) is -0.548. The first-order chi connectivity index (χ1) is 13.6. The van der Waals surface area contributed by atoms with Crippen LogP contribution in [-0.4, -0.2) is 48.9 Å². The second-order valence-electron chi connectivity index (χ2n) is 6.83. The third-order valence-corrected chi connectivity index (χ3v) is 5.70. The summed E-state index contributed by atoms with van der Waals surface area (Å²) in [7, 11) is 0. The van der Waals surface area contributed by atoms with Crippen molar-refractivity contribution in [3.8, 4) is 0 Å². The number of ether oxygens (including phenoxy) is 1. The summed E-state index contributed by atoms with van der Waals surface area (Å²) in [6.45, 7) is 0.840.